The summed E-state index contributed by atoms with van der Waals surface area (Å²) in [4.78, 5) is 14.3. The Balaban J connectivity index is 2.23. The normalized spacial score (nSPS) is 19.9. The van der Waals surface area contributed by atoms with Crippen LogP contribution in [0.4, 0.5) is 0 Å². The Morgan fingerprint density at radius 3 is 2.50 bits per heavy atom. The van der Waals surface area contributed by atoms with E-state index in [-0.39, 0.29) is 11.9 Å². The first-order valence-electron chi connectivity index (χ1n) is 5.95. The first kappa shape index (κ1) is 14.0. The summed E-state index contributed by atoms with van der Waals surface area (Å²) < 4.78 is 0. The lowest BCUT2D eigenvalue weighted by Gasteiger charge is -2.34. The number of hydrogen-bond donors (Lipinski definition) is 0. The number of likely N-dealkylation sites (tertiary alicyclic amines) is 1. The maximum atomic E-state index is 12.4. The van der Waals surface area contributed by atoms with Crippen molar-refractivity contribution >= 4 is 40.7 Å². The van der Waals surface area contributed by atoms with Crippen molar-refractivity contribution in [1.82, 2.24) is 4.90 Å². The van der Waals surface area contributed by atoms with Crippen LogP contribution in [0.15, 0.2) is 18.2 Å². The molecule has 1 unspecified atom stereocenters. The Hall–Kier alpha value is -0.440. The third kappa shape index (κ3) is 3.11. The van der Waals surface area contributed by atoms with E-state index >= 15 is 0 Å². The van der Waals surface area contributed by atoms with E-state index in [4.69, 9.17) is 34.8 Å². The van der Waals surface area contributed by atoms with Crippen LogP contribution in [0.1, 0.15) is 29.6 Å². The summed E-state index contributed by atoms with van der Waals surface area (Å²) in [5.74, 6) is 0.435. The van der Waals surface area contributed by atoms with Gasteiger partial charge in [0.05, 0.1) is 0 Å². The highest BCUT2D eigenvalue weighted by Gasteiger charge is 2.27. The van der Waals surface area contributed by atoms with Gasteiger partial charge < -0.3 is 4.90 Å². The minimum absolute atomic E-state index is 0.0373. The predicted octanol–water partition coefficient (Wildman–Crippen LogP) is 4.23. The number of hydrogen-bond acceptors (Lipinski definition) is 1. The first-order chi connectivity index (χ1) is 8.61. The van der Waals surface area contributed by atoms with Gasteiger partial charge in [-0.1, -0.05) is 23.2 Å². The molecule has 1 aromatic rings. The van der Waals surface area contributed by atoms with Crippen molar-refractivity contribution in [1.29, 1.82) is 0 Å². The summed E-state index contributed by atoms with van der Waals surface area (Å²) in [6.07, 6.45) is 3.11. The molecule has 1 saturated heterocycles. The number of carbonyl (C=O) groups is 1. The molecule has 5 heteroatoms. The van der Waals surface area contributed by atoms with E-state index in [2.05, 4.69) is 0 Å². The van der Waals surface area contributed by atoms with Gasteiger partial charge in [0, 0.05) is 34.1 Å². The molecule has 1 heterocycles. The van der Waals surface area contributed by atoms with Crippen molar-refractivity contribution in [2.45, 2.75) is 25.3 Å². The van der Waals surface area contributed by atoms with Crippen LogP contribution >= 0.6 is 34.8 Å². The van der Waals surface area contributed by atoms with Gasteiger partial charge >= 0.3 is 0 Å². The maximum Gasteiger partial charge on any atom is 0.254 e. The molecule has 18 heavy (non-hydrogen) atoms. The van der Waals surface area contributed by atoms with Crippen LogP contribution in [0.5, 0.6) is 0 Å². The third-order valence-electron chi connectivity index (χ3n) is 3.18. The second-order valence-electron chi connectivity index (χ2n) is 4.46. The Morgan fingerprint density at radius 1 is 1.22 bits per heavy atom. The van der Waals surface area contributed by atoms with Crippen LogP contribution in [0.25, 0.3) is 0 Å². The maximum absolute atomic E-state index is 12.4. The molecule has 1 fully saturated rings. The van der Waals surface area contributed by atoms with Crippen LogP contribution in [-0.4, -0.2) is 29.3 Å². The van der Waals surface area contributed by atoms with E-state index in [0.29, 0.717) is 21.5 Å². The number of halogens is 3. The molecule has 0 radical (unpaired) electrons. The largest absolute Gasteiger partial charge is 0.334 e. The van der Waals surface area contributed by atoms with Gasteiger partial charge in [-0.25, -0.2) is 0 Å². The average Bonchev–Trinajstić information content (AvgIpc) is 2.36. The fraction of sp³-hybridized carbons (Fsp3) is 0.462. The fourth-order valence-corrected chi connectivity index (χ4v) is 3.12. The van der Waals surface area contributed by atoms with Gasteiger partial charge in [-0.3, -0.25) is 4.79 Å². The molecule has 0 aliphatic carbocycles. The van der Waals surface area contributed by atoms with Gasteiger partial charge in [-0.05, 0) is 37.5 Å². The fourth-order valence-electron chi connectivity index (χ4n) is 2.27. The number of alkyl halides is 1. The van der Waals surface area contributed by atoms with Gasteiger partial charge in [-0.15, -0.1) is 11.6 Å². The molecular formula is C13H14Cl3NO. The Kier molecular flexibility index (Phi) is 4.77. The lowest BCUT2D eigenvalue weighted by Crippen LogP contribution is -2.44. The third-order valence-corrected chi connectivity index (χ3v) is 3.97. The summed E-state index contributed by atoms with van der Waals surface area (Å²) in [5, 5.41) is 0.954. The minimum atomic E-state index is -0.0373. The zero-order valence-electron chi connectivity index (χ0n) is 9.83. The van der Waals surface area contributed by atoms with E-state index in [1.807, 2.05) is 4.90 Å². The molecule has 1 aromatic carbocycles. The van der Waals surface area contributed by atoms with Crippen molar-refractivity contribution in [3.05, 3.63) is 33.8 Å². The number of nitrogens with zero attached hydrogens (tertiary/aromatic N) is 1. The van der Waals surface area contributed by atoms with Gasteiger partial charge in [-0.2, -0.15) is 0 Å². The summed E-state index contributed by atoms with van der Waals surface area (Å²) in [6, 6.07) is 5.03. The number of amides is 1. The van der Waals surface area contributed by atoms with Crippen LogP contribution in [0.3, 0.4) is 0 Å². The van der Waals surface area contributed by atoms with Crippen molar-refractivity contribution in [3.63, 3.8) is 0 Å². The van der Waals surface area contributed by atoms with Crippen LogP contribution in [0.2, 0.25) is 10.0 Å². The lowest BCUT2D eigenvalue weighted by molar-refractivity contribution is 0.0639. The molecule has 98 valence electrons. The highest BCUT2D eigenvalue weighted by Crippen LogP contribution is 2.24. The van der Waals surface area contributed by atoms with Crippen LogP contribution in [-0.2, 0) is 0 Å². The quantitative estimate of drug-likeness (QED) is 0.749. The number of carbonyl (C=O) groups excluding carboxylic acids is 1. The molecule has 1 aliphatic rings. The summed E-state index contributed by atoms with van der Waals surface area (Å²) in [6.45, 7) is 0.750. The Labute approximate surface area is 122 Å². The van der Waals surface area contributed by atoms with Crippen LogP contribution < -0.4 is 0 Å². The Morgan fingerprint density at radius 2 is 1.89 bits per heavy atom. The summed E-state index contributed by atoms with van der Waals surface area (Å²) in [7, 11) is 0. The van der Waals surface area contributed by atoms with Crippen molar-refractivity contribution in [2.75, 3.05) is 12.4 Å². The number of benzene rings is 1. The van der Waals surface area contributed by atoms with Crippen molar-refractivity contribution in [3.8, 4) is 0 Å². The number of piperidine rings is 1. The standard InChI is InChI=1S/C13H14Cl3NO/c14-8-12-3-1-2-4-17(12)13(18)9-5-10(15)7-11(16)6-9/h5-7,12H,1-4,8H2. The zero-order valence-corrected chi connectivity index (χ0v) is 12.1. The van der Waals surface area contributed by atoms with Gasteiger partial charge in [0.25, 0.3) is 5.91 Å². The molecule has 0 spiro atoms. The SMILES string of the molecule is O=C(c1cc(Cl)cc(Cl)c1)N1CCCCC1CCl. The molecule has 1 atom stereocenters. The molecule has 0 saturated carbocycles. The van der Waals surface area contributed by atoms with Crippen molar-refractivity contribution in [2.24, 2.45) is 0 Å². The number of rotatable bonds is 2. The van der Waals surface area contributed by atoms with E-state index in [9.17, 15) is 4.79 Å². The van der Waals surface area contributed by atoms with Gasteiger partial charge in [0.2, 0.25) is 0 Å². The monoisotopic (exact) mass is 305 g/mol. The Bertz CT molecular complexity index is 430. The summed E-state index contributed by atoms with van der Waals surface area (Å²) in [5.41, 5.74) is 0.532. The average molecular weight is 307 g/mol. The topological polar surface area (TPSA) is 20.3 Å². The molecule has 2 nitrogen and oxygen atoms in total. The smallest absolute Gasteiger partial charge is 0.254 e. The molecule has 1 amide bonds. The molecule has 0 aromatic heterocycles. The highest BCUT2D eigenvalue weighted by molar-refractivity contribution is 6.35. The van der Waals surface area contributed by atoms with Gasteiger partial charge in [0.15, 0.2) is 0 Å². The highest BCUT2D eigenvalue weighted by atomic mass is 35.5. The van der Waals surface area contributed by atoms with E-state index in [1.165, 1.54) is 0 Å². The second kappa shape index (κ2) is 6.14. The van der Waals surface area contributed by atoms with Gasteiger partial charge in [0.1, 0.15) is 0 Å². The van der Waals surface area contributed by atoms with E-state index < -0.39 is 0 Å². The molecule has 2 rings (SSSR count). The second-order valence-corrected chi connectivity index (χ2v) is 5.64. The van der Waals surface area contributed by atoms with Crippen LogP contribution in [0, 0.1) is 0 Å². The molecule has 1 aliphatic heterocycles. The molecule has 0 bridgehead atoms. The minimum Gasteiger partial charge on any atom is -0.334 e. The predicted molar refractivity (Wildman–Crippen MR) is 75.9 cm³/mol. The van der Waals surface area contributed by atoms with E-state index in [0.717, 1.165) is 25.8 Å². The summed E-state index contributed by atoms with van der Waals surface area (Å²) >= 11 is 17.8. The first-order valence-corrected chi connectivity index (χ1v) is 7.24. The molecule has 0 N–H and O–H groups in total. The molecular weight excluding hydrogens is 293 g/mol. The van der Waals surface area contributed by atoms with Crippen molar-refractivity contribution < 1.29 is 4.79 Å². The zero-order chi connectivity index (χ0) is 13.1. The lowest BCUT2D eigenvalue weighted by atomic mass is 10.0. The van der Waals surface area contributed by atoms with E-state index in [1.54, 1.807) is 18.2 Å².